The van der Waals surface area contributed by atoms with Gasteiger partial charge in [-0.3, -0.25) is 9.10 Å². The molecule has 0 aromatic heterocycles. The first-order chi connectivity index (χ1) is 19.7. The van der Waals surface area contributed by atoms with Crippen molar-refractivity contribution in [3.05, 3.63) is 72.8 Å². The number of carbonyl (C=O) groups excluding carboxylic acids is 1. The van der Waals surface area contributed by atoms with Gasteiger partial charge in [-0.15, -0.1) is 0 Å². The molecule has 1 aliphatic rings. The van der Waals surface area contributed by atoms with Gasteiger partial charge in [0, 0.05) is 19.2 Å². The van der Waals surface area contributed by atoms with E-state index in [2.05, 4.69) is 5.32 Å². The zero-order valence-corrected chi connectivity index (χ0v) is 24.5. The molecule has 3 aromatic rings. The largest absolute Gasteiger partial charge is 0.493 e. The second kappa shape index (κ2) is 13.2. The van der Waals surface area contributed by atoms with Gasteiger partial charge in [-0.05, 0) is 61.4 Å². The van der Waals surface area contributed by atoms with Crippen molar-refractivity contribution in [2.75, 3.05) is 51.3 Å². The summed E-state index contributed by atoms with van der Waals surface area (Å²) in [5.74, 6) is 0.621. The summed E-state index contributed by atoms with van der Waals surface area (Å²) >= 11 is 0. The lowest BCUT2D eigenvalue weighted by atomic mass is 10.2. The second-order valence-corrected chi connectivity index (χ2v) is 12.9. The van der Waals surface area contributed by atoms with Gasteiger partial charge in [0.05, 0.1) is 36.2 Å². The first kappa shape index (κ1) is 30.2. The zero-order chi connectivity index (χ0) is 29.5. The van der Waals surface area contributed by atoms with Gasteiger partial charge in [0.1, 0.15) is 18.9 Å². The van der Waals surface area contributed by atoms with Crippen molar-refractivity contribution in [1.29, 1.82) is 0 Å². The lowest BCUT2D eigenvalue weighted by Gasteiger charge is -2.25. The van der Waals surface area contributed by atoms with Gasteiger partial charge < -0.3 is 19.5 Å². The van der Waals surface area contributed by atoms with Gasteiger partial charge in [-0.1, -0.05) is 18.2 Å². The molecule has 220 valence electrons. The second-order valence-electron chi connectivity index (χ2n) is 9.15. The Labute approximate surface area is 240 Å². The van der Waals surface area contributed by atoms with Gasteiger partial charge in [-0.25, -0.2) is 16.8 Å². The molecule has 3 aromatic carbocycles. The third-order valence-electron chi connectivity index (χ3n) is 6.49. The van der Waals surface area contributed by atoms with E-state index in [-0.39, 0.29) is 28.6 Å². The highest BCUT2D eigenvalue weighted by Crippen LogP contribution is 2.33. The monoisotopic (exact) mass is 603 g/mol. The van der Waals surface area contributed by atoms with Crippen molar-refractivity contribution in [3.8, 4) is 17.2 Å². The molecule has 1 N–H and O–H groups in total. The molecule has 41 heavy (non-hydrogen) atoms. The molecule has 1 saturated heterocycles. The van der Waals surface area contributed by atoms with E-state index >= 15 is 0 Å². The number of benzene rings is 3. The summed E-state index contributed by atoms with van der Waals surface area (Å²) < 4.78 is 71.1. The van der Waals surface area contributed by atoms with Gasteiger partial charge in [0.25, 0.3) is 10.0 Å². The Morgan fingerprint density at radius 1 is 0.854 bits per heavy atom. The van der Waals surface area contributed by atoms with Crippen molar-refractivity contribution in [3.63, 3.8) is 0 Å². The number of nitrogens with zero attached hydrogens (tertiary/aromatic N) is 2. The highest BCUT2D eigenvalue weighted by atomic mass is 32.2. The lowest BCUT2D eigenvalue weighted by molar-refractivity contribution is -0.119. The predicted molar refractivity (Wildman–Crippen MR) is 153 cm³/mol. The molecule has 1 aliphatic heterocycles. The average molecular weight is 604 g/mol. The normalized spacial score (nSPS) is 13.9. The fourth-order valence-electron chi connectivity index (χ4n) is 4.35. The first-order valence-electron chi connectivity index (χ1n) is 13.0. The molecule has 1 fully saturated rings. The summed E-state index contributed by atoms with van der Waals surface area (Å²) in [5.41, 5.74) is 0.224. The number of amides is 1. The van der Waals surface area contributed by atoms with Crippen molar-refractivity contribution < 1.29 is 35.8 Å². The Balaban J connectivity index is 1.39. The minimum atomic E-state index is -4.10. The van der Waals surface area contributed by atoms with Crippen LogP contribution in [0.3, 0.4) is 0 Å². The topological polar surface area (TPSA) is 132 Å². The van der Waals surface area contributed by atoms with Gasteiger partial charge in [0.2, 0.25) is 15.9 Å². The Kier molecular flexibility index (Phi) is 9.73. The molecule has 11 nitrogen and oxygen atoms in total. The van der Waals surface area contributed by atoms with Crippen LogP contribution in [0.5, 0.6) is 17.2 Å². The molecule has 0 radical (unpaired) electrons. The summed E-state index contributed by atoms with van der Waals surface area (Å²) in [7, 11) is -4.71. The summed E-state index contributed by atoms with van der Waals surface area (Å²) in [6.07, 6.45) is 1.72. The molecule has 0 saturated carbocycles. The van der Waals surface area contributed by atoms with E-state index in [9.17, 15) is 21.6 Å². The van der Waals surface area contributed by atoms with Gasteiger partial charge in [-0.2, -0.15) is 4.31 Å². The standard InChI is InChI=1S/C28H33N3O8S2/c1-37-26-15-10-22(20-27(26)38-2)31(41(35,36)24-8-4-3-5-9-24)21-28(32)29-16-19-39-23-11-13-25(14-12-23)40(33,34)30-17-6-7-18-30/h3-5,8-15,20H,6-7,16-19,21H2,1-2H3,(H,29,32). The summed E-state index contributed by atoms with van der Waals surface area (Å²) in [4.78, 5) is 13.1. The van der Waals surface area contributed by atoms with Gasteiger partial charge in [0.15, 0.2) is 11.5 Å². The van der Waals surface area contributed by atoms with Crippen molar-refractivity contribution in [2.24, 2.45) is 0 Å². The molecular formula is C28H33N3O8S2. The van der Waals surface area contributed by atoms with Crippen LogP contribution in [-0.4, -0.2) is 74.1 Å². The summed E-state index contributed by atoms with van der Waals surface area (Å²) in [6, 6.07) is 18.5. The number of anilines is 1. The van der Waals surface area contributed by atoms with Crippen LogP contribution in [0.1, 0.15) is 12.8 Å². The third kappa shape index (κ3) is 7.10. The zero-order valence-electron chi connectivity index (χ0n) is 22.9. The number of ether oxygens (including phenoxy) is 3. The van der Waals surface area contributed by atoms with Crippen molar-refractivity contribution in [2.45, 2.75) is 22.6 Å². The highest BCUT2D eigenvalue weighted by molar-refractivity contribution is 7.92. The van der Waals surface area contributed by atoms with Crippen LogP contribution in [0.25, 0.3) is 0 Å². The Morgan fingerprint density at radius 3 is 2.15 bits per heavy atom. The molecule has 0 spiro atoms. The molecule has 1 heterocycles. The first-order valence-corrected chi connectivity index (χ1v) is 15.8. The maximum Gasteiger partial charge on any atom is 0.264 e. The van der Waals surface area contributed by atoms with Gasteiger partial charge >= 0.3 is 0 Å². The van der Waals surface area contributed by atoms with Crippen LogP contribution in [0.4, 0.5) is 5.69 Å². The maximum absolute atomic E-state index is 13.5. The highest BCUT2D eigenvalue weighted by Gasteiger charge is 2.29. The van der Waals surface area contributed by atoms with Crippen LogP contribution >= 0.6 is 0 Å². The Morgan fingerprint density at radius 2 is 1.51 bits per heavy atom. The smallest absolute Gasteiger partial charge is 0.264 e. The fourth-order valence-corrected chi connectivity index (χ4v) is 7.30. The van der Waals surface area contributed by atoms with E-state index < -0.39 is 32.5 Å². The Bertz CT molecular complexity index is 1540. The third-order valence-corrected chi connectivity index (χ3v) is 10.2. The summed E-state index contributed by atoms with van der Waals surface area (Å²) in [5, 5.41) is 2.67. The summed E-state index contributed by atoms with van der Waals surface area (Å²) in [6.45, 7) is 0.742. The minimum Gasteiger partial charge on any atom is -0.493 e. The number of hydrogen-bond donors (Lipinski definition) is 1. The average Bonchev–Trinajstić information content (AvgIpc) is 3.55. The van der Waals surface area contributed by atoms with Crippen LogP contribution in [0.2, 0.25) is 0 Å². The number of methoxy groups -OCH3 is 2. The molecule has 0 unspecified atom stereocenters. The quantitative estimate of drug-likeness (QED) is 0.295. The van der Waals surface area contributed by atoms with E-state index in [1.165, 1.54) is 54.9 Å². The molecule has 0 aliphatic carbocycles. The van der Waals surface area contributed by atoms with E-state index in [0.717, 1.165) is 17.1 Å². The number of rotatable bonds is 13. The van der Waals surface area contributed by atoms with E-state index in [1.54, 1.807) is 36.4 Å². The molecule has 0 bridgehead atoms. The van der Waals surface area contributed by atoms with Crippen molar-refractivity contribution >= 4 is 31.6 Å². The van der Waals surface area contributed by atoms with Crippen LogP contribution in [-0.2, 0) is 24.8 Å². The van der Waals surface area contributed by atoms with E-state index in [4.69, 9.17) is 14.2 Å². The van der Waals surface area contributed by atoms with Crippen LogP contribution in [0.15, 0.2) is 82.6 Å². The lowest BCUT2D eigenvalue weighted by Crippen LogP contribution is -2.41. The minimum absolute atomic E-state index is 0.0288. The van der Waals surface area contributed by atoms with Crippen LogP contribution < -0.4 is 23.8 Å². The molecular weight excluding hydrogens is 570 g/mol. The number of nitrogens with one attached hydrogen (secondary N) is 1. The molecule has 1 amide bonds. The van der Waals surface area contributed by atoms with E-state index in [1.807, 2.05) is 0 Å². The Hall–Kier alpha value is -3.81. The van der Waals surface area contributed by atoms with Crippen molar-refractivity contribution in [1.82, 2.24) is 9.62 Å². The maximum atomic E-state index is 13.5. The van der Waals surface area contributed by atoms with Crippen LogP contribution in [0, 0.1) is 0 Å². The molecule has 0 atom stereocenters. The predicted octanol–water partition coefficient (Wildman–Crippen LogP) is 2.88. The molecule has 13 heteroatoms. The van der Waals surface area contributed by atoms with E-state index in [0.29, 0.717) is 30.3 Å². The number of carbonyl (C=O) groups is 1. The number of hydrogen-bond acceptors (Lipinski definition) is 8. The SMILES string of the molecule is COc1ccc(N(CC(=O)NCCOc2ccc(S(=O)(=O)N3CCCC3)cc2)S(=O)(=O)c2ccccc2)cc1OC. The molecule has 4 rings (SSSR count). The number of sulfonamides is 2. The fraction of sp³-hybridized carbons (Fsp3) is 0.321.